The molecule has 4 nitrogen and oxygen atoms in total. The molecular formula is C12H16N4. The van der Waals surface area contributed by atoms with Gasteiger partial charge in [0.15, 0.2) is 5.82 Å². The molecule has 0 aliphatic carbocycles. The molecule has 1 aliphatic rings. The van der Waals surface area contributed by atoms with E-state index in [-0.39, 0.29) is 0 Å². The van der Waals surface area contributed by atoms with Gasteiger partial charge < -0.3 is 9.55 Å². The number of hydrogen-bond acceptors (Lipinski definition) is 2. The number of nitrogens with one attached hydrogen (secondary N) is 1. The Morgan fingerprint density at radius 1 is 1.12 bits per heavy atom. The van der Waals surface area contributed by atoms with Crippen LogP contribution in [0.25, 0.3) is 11.5 Å². The van der Waals surface area contributed by atoms with Gasteiger partial charge in [-0.3, -0.25) is 0 Å². The zero-order chi connectivity index (χ0) is 10.8. The van der Waals surface area contributed by atoms with Crippen molar-refractivity contribution in [1.29, 1.82) is 0 Å². The van der Waals surface area contributed by atoms with Gasteiger partial charge in [-0.05, 0) is 25.0 Å². The maximum atomic E-state index is 4.31. The highest BCUT2D eigenvalue weighted by molar-refractivity contribution is 5.49. The van der Waals surface area contributed by atoms with Gasteiger partial charge in [0.1, 0.15) is 5.82 Å². The van der Waals surface area contributed by atoms with Crippen molar-refractivity contribution in [2.75, 3.05) is 0 Å². The first-order valence-electron chi connectivity index (χ1n) is 6.01. The number of rotatable bonds is 1. The molecule has 1 aliphatic heterocycles. The molecule has 84 valence electrons. The van der Waals surface area contributed by atoms with Gasteiger partial charge in [-0.15, -0.1) is 10.2 Å². The minimum Gasteiger partial charge on any atom is -0.359 e. The Labute approximate surface area is 94.7 Å². The van der Waals surface area contributed by atoms with Crippen LogP contribution in [0.4, 0.5) is 0 Å². The Balaban J connectivity index is 2.00. The summed E-state index contributed by atoms with van der Waals surface area (Å²) in [4.78, 5) is 3.20. The second kappa shape index (κ2) is 4.12. The summed E-state index contributed by atoms with van der Waals surface area (Å²) in [6.45, 7) is 1.05. The molecule has 1 N–H and O–H groups in total. The number of aryl methyl sites for hydroxylation is 1. The van der Waals surface area contributed by atoms with Crippen LogP contribution in [0.2, 0.25) is 0 Å². The first-order chi connectivity index (χ1) is 7.95. The molecule has 0 fully saturated rings. The Bertz CT molecular complexity index is 455. The molecule has 0 aromatic carbocycles. The third-order valence-electron chi connectivity index (χ3n) is 3.20. The van der Waals surface area contributed by atoms with E-state index in [1.807, 2.05) is 12.3 Å². The summed E-state index contributed by atoms with van der Waals surface area (Å²) in [5.74, 6) is 2.13. The lowest BCUT2D eigenvalue weighted by molar-refractivity contribution is 0.518. The smallest absolute Gasteiger partial charge is 0.180 e. The van der Waals surface area contributed by atoms with Gasteiger partial charge in [0.2, 0.25) is 0 Å². The number of aromatic amines is 1. The fraction of sp³-hybridized carbons (Fsp3) is 0.500. The molecule has 2 aromatic heterocycles. The van der Waals surface area contributed by atoms with Crippen LogP contribution in [0.3, 0.4) is 0 Å². The molecule has 3 rings (SSSR count). The Kier molecular flexibility index (Phi) is 2.48. The van der Waals surface area contributed by atoms with E-state index in [0.29, 0.717) is 0 Å². The van der Waals surface area contributed by atoms with Crippen LogP contribution in [-0.2, 0) is 13.0 Å². The van der Waals surface area contributed by atoms with Gasteiger partial charge in [0.05, 0.1) is 5.69 Å². The molecule has 0 atom stereocenters. The topological polar surface area (TPSA) is 46.5 Å². The fourth-order valence-electron chi connectivity index (χ4n) is 2.33. The molecule has 2 aromatic rings. The summed E-state index contributed by atoms with van der Waals surface area (Å²) >= 11 is 0. The van der Waals surface area contributed by atoms with Crippen molar-refractivity contribution in [2.24, 2.45) is 0 Å². The van der Waals surface area contributed by atoms with Gasteiger partial charge in [-0.1, -0.05) is 12.8 Å². The van der Waals surface area contributed by atoms with E-state index in [2.05, 4.69) is 25.8 Å². The zero-order valence-electron chi connectivity index (χ0n) is 9.32. The van der Waals surface area contributed by atoms with E-state index >= 15 is 0 Å². The summed E-state index contributed by atoms with van der Waals surface area (Å²) < 4.78 is 2.27. The first kappa shape index (κ1) is 9.63. The van der Waals surface area contributed by atoms with E-state index < -0.39 is 0 Å². The lowest BCUT2D eigenvalue weighted by Gasteiger charge is -2.12. The van der Waals surface area contributed by atoms with Crippen LogP contribution in [0.15, 0.2) is 18.3 Å². The van der Waals surface area contributed by atoms with Crippen LogP contribution in [0.1, 0.15) is 31.5 Å². The van der Waals surface area contributed by atoms with E-state index in [4.69, 9.17) is 0 Å². The molecule has 0 radical (unpaired) electrons. The second-order valence-corrected chi connectivity index (χ2v) is 4.34. The third-order valence-corrected chi connectivity index (χ3v) is 3.20. The predicted octanol–water partition coefficient (Wildman–Crippen LogP) is 2.39. The van der Waals surface area contributed by atoms with Gasteiger partial charge in [-0.2, -0.15) is 0 Å². The van der Waals surface area contributed by atoms with Gasteiger partial charge in [0.25, 0.3) is 0 Å². The molecule has 0 amide bonds. The SMILES string of the molecule is c1c[nH]c(-c2nnc3n2CCCCCC3)c1. The third kappa shape index (κ3) is 1.64. The average Bonchev–Trinajstić information content (AvgIpc) is 2.86. The molecule has 0 spiro atoms. The van der Waals surface area contributed by atoms with Crippen molar-refractivity contribution < 1.29 is 0 Å². The van der Waals surface area contributed by atoms with E-state index in [1.165, 1.54) is 25.7 Å². The number of nitrogens with zero attached hydrogens (tertiary/aromatic N) is 3. The standard InChI is InChI=1S/C12H16N4/c1-2-4-9-16-11(7-3-1)14-15-12(16)10-6-5-8-13-10/h5-6,8,13H,1-4,7,9H2. The lowest BCUT2D eigenvalue weighted by atomic mass is 10.1. The molecule has 3 heterocycles. The first-order valence-corrected chi connectivity index (χ1v) is 6.01. The lowest BCUT2D eigenvalue weighted by Crippen LogP contribution is -2.08. The van der Waals surface area contributed by atoms with Crippen molar-refractivity contribution in [3.63, 3.8) is 0 Å². The van der Waals surface area contributed by atoms with Gasteiger partial charge in [0, 0.05) is 19.2 Å². The molecule has 0 unspecified atom stereocenters. The minimum atomic E-state index is 0.988. The maximum absolute atomic E-state index is 4.31. The summed E-state index contributed by atoms with van der Waals surface area (Å²) in [6.07, 6.45) is 8.11. The van der Waals surface area contributed by atoms with Crippen LogP contribution in [0, 0.1) is 0 Å². The van der Waals surface area contributed by atoms with Crippen molar-refractivity contribution in [3.8, 4) is 11.5 Å². The molecule has 4 heteroatoms. The monoisotopic (exact) mass is 216 g/mol. The molecule has 0 bridgehead atoms. The van der Waals surface area contributed by atoms with E-state index in [0.717, 1.165) is 30.3 Å². The van der Waals surface area contributed by atoms with Crippen LogP contribution in [0.5, 0.6) is 0 Å². The van der Waals surface area contributed by atoms with Crippen LogP contribution in [-0.4, -0.2) is 19.7 Å². The zero-order valence-corrected chi connectivity index (χ0v) is 9.32. The van der Waals surface area contributed by atoms with Gasteiger partial charge in [-0.25, -0.2) is 0 Å². The fourth-order valence-corrected chi connectivity index (χ4v) is 2.33. The Morgan fingerprint density at radius 3 is 2.94 bits per heavy atom. The Hall–Kier alpha value is -1.58. The number of aromatic nitrogens is 4. The number of hydrogen-bond donors (Lipinski definition) is 1. The highest BCUT2D eigenvalue weighted by atomic mass is 15.3. The maximum Gasteiger partial charge on any atom is 0.180 e. The highest BCUT2D eigenvalue weighted by Crippen LogP contribution is 2.20. The highest BCUT2D eigenvalue weighted by Gasteiger charge is 2.15. The normalized spacial score (nSPS) is 16.5. The van der Waals surface area contributed by atoms with Crippen LogP contribution < -0.4 is 0 Å². The minimum absolute atomic E-state index is 0.988. The summed E-state index contributed by atoms with van der Waals surface area (Å²) in [6, 6.07) is 4.05. The van der Waals surface area contributed by atoms with Gasteiger partial charge >= 0.3 is 0 Å². The van der Waals surface area contributed by atoms with E-state index in [1.54, 1.807) is 0 Å². The molecule has 0 saturated carbocycles. The molecule has 0 saturated heterocycles. The van der Waals surface area contributed by atoms with Crippen molar-refractivity contribution in [2.45, 2.75) is 38.6 Å². The molecular weight excluding hydrogens is 200 g/mol. The van der Waals surface area contributed by atoms with Crippen molar-refractivity contribution in [3.05, 3.63) is 24.2 Å². The van der Waals surface area contributed by atoms with E-state index in [9.17, 15) is 0 Å². The number of H-pyrrole nitrogens is 1. The average molecular weight is 216 g/mol. The van der Waals surface area contributed by atoms with Crippen molar-refractivity contribution in [1.82, 2.24) is 19.7 Å². The predicted molar refractivity (Wildman–Crippen MR) is 62.0 cm³/mol. The molecule has 16 heavy (non-hydrogen) atoms. The van der Waals surface area contributed by atoms with Crippen molar-refractivity contribution >= 4 is 0 Å². The summed E-state index contributed by atoms with van der Waals surface area (Å²) in [5.41, 5.74) is 1.07. The number of fused-ring (bicyclic) bond motifs is 1. The Morgan fingerprint density at radius 2 is 2.06 bits per heavy atom. The summed E-state index contributed by atoms with van der Waals surface area (Å²) in [7, 11) is 0. The quantitative estimate of drug-likeness (QED) is 0.795. The second-order valence-electron chi connectivity index (χ2n) is 4.34. The summed E-state index contributed by atoms with van der Waals surface area (Å²) in [5, 5.41) is 8.61. The van der Waals surface area contributed by atoms with Crippen LogP contribution >= 0.6 is 0 Å². The largest absolute Gasteiger partial charge is 0.359 e.